The van der Waals surface area contributed by atoms with Gasteiger partial charge in [-0.2, -0.15) is 0 Å². The second-order valence-corrected chi connectivity index (χ2v) is 6.62. The van der Waals surface area contributed by atoms with Gasteiger partial charge in [0.05, 0.1) is 13.2 Å². The van der Waals surface area contributed by atoms with E-state index < -0.39 is 0 Å². The van der Waals surface area contributed by atoms with Crippen molar-refractivity contribution in [3.05, 3.63) is 60.1 Å². The van der Waals surface area contributed by atoms with Crippen molar-refractivity contribution in [1.82, 2.24) is 24.3 Å². The van der Waals surface area contributed by atoms with Gasteiger partial charge in [0.15, 0.2) is 0 Å². The molecule has 4 heterocycles. The van der Waals surface area contributed by atoms with Crippen LogP contribution in [0.25, 0.3) is 5.65 Å². The molecule has 0 bridgehead atoms. The van der Waals surface area contributed by atoms with E-state index in [1.54, 1.807) is 12.5 Å². The molecule has 0 aliphatic carbocycles. The molecule has 0 radical (unpaired) electrons. The van der Waals surface area contributed by atoms with Gasteiger partial charge in [0.25, 0.3) is 5.91 Å². The summed E-state index contributed by atoms with van der Waals surface area (Å²) in [5.74, 6) is 0.154. The second-order valence-electron chi connectivity index (χ2n) is 6.62. The van der Waals surface area contributed by atoms with E-state index >= 15 is 0 Å². The van der Waals surface area contributed by atoms with Crippen LogP contribution in [0.15, 0.2) is 43.0 Å². The Labute approximate surface area is 151 Å². The van der Waals surface area contributed by atoms with Gasteiger partial charge in [0.2, 0.25) is 0 Å². The third-order valence-electron chi connectivity index (χ3n) is 4.68. The highest BCUT2D eigenvalue weighted by molar-refractivity contribution is 5.93. The Morgan fingerprint density at radius 3 is 3.08 bits per heavy atom. The van der Waals surface area contributed by atoms with Crippen molar-refractivity contribution in [1.29, 1.82) is 0 Å². The van der Waals surface area contributed by atoms with E-state index in [4.69, 9.17) is 4.74 Å². The first-order valence-electron chi connectivity index (χ1n) is 8.77. The van der Waals surface area contributed by atoms with Crippen molar-refractivity contribution < 1.29 is 9.53 Å². The summed E-state index contributed by atoms with van der Waals surface area (Å²) in [6.07, 6.45) is 5.87. The fraction of sp³-hybridized carbons (Fsp3) is 0.368. The third-order valence-corrected chi connectivity index (χ3v) is 4.68. The van der Waals surface area contributed by atoms with Crippen molar-refractivity contribution in [2.75, 3.05) is 26.3 Å². The Bertz CT molecular complexity index is 909. The number of aryl methyl sites for hydroxylation is 1. The first-order valence-corrected chi connectivity index (χ1v) is 8.77. The Hall–Kier alpha value is -2.80. The molecule has 0 unspecified atom stereocenters. The fourth-order valence-electron chi connectivity index (χ4n) is 3.34. The van der Waals surface area contributed by atoms with E-state index in [1.165, 1.54) is 0 Å². The lowest BCUT2D eigenvalue weighted by molar-refractivity contribution is 0.0732. The normalized spacial score (nSPS) is 18.0. The van der Waals surface area contributed by atoms with Gasteiger partial charge in [-0.05, 0) is 31.5 Å². The predicted octanol–water partition coefficient (Wildman–Crippen LogP) is 1.76. The number of hydrogen-bond acceptors (Lipinski definition) is 5. The van der Waals surface area contributed by atoms with E-state index in [0.29, 0.717) is 32.0 Å². The van der Waals surface area contributed by atoms with Crippen LogP contribution in [0.2, 0.25) is 0 Å². The lowest BCUT2D eigenvalue weighted by Gasteiger charge is -2.22. The van der Waals surface area contributed by atoms with Crippen molar-refractivity contribution in [2.45, 2.75) is 13.3 Å². The van der Waals surface area contributed by atoms with Crippen LogP contribution in [0.3, 0.4) is 0 Å². The summed E-state index contributed by atoms with van der Waals surface area (Å²) in [7, 11) is 0. The average Bonchev–Trinajstić information content (AvgIpc) is 2.97. The maximum atomic E-state index is 13.0. The molecule has 26 heavy (non-hydrogen) atoms. The topological polar surface area (TPSA) is 72.6 Å². The highest BCUT2D eigenvalue weighted by atomic mass is 16.5. The van der Waals surface area contributed by atoms with Crippen LogP contribution < -0.4 is 0 Å². The molecule has 3 aromatic rings. The van der Waals surface area contributed by atoms with Gasteiger partial charge in [-0.3, -0.25) is 4.79 Å². The monoisotopic (exact) mass is 351 g/mol. The number of amides is 1. The number of pyridine rings is 1. The SMILES string of the molecule is Cc1cccc2nc(C(=O)N3CCOC[C@H](Cc4ccncn4)C3)cn12. The second kappa shape index (κ2) is 7.21. The van der Waals surface area contributed by atoms with Gasteiger partial charge >= 0.3 is 0 Å². The maximum Gasteiger partial charge on any atom is 0.274 e. The fourth-order valence-corrected chi connectivity index (χ4v) is 3.34. The molecule has 7 nitrogen and oxygen atoms in total. The Morgan fingerprint density at radius 2 is 2.27 bits per heavy atom. The van der Waals surface area contributed by atoms with Crippen LogP contribution in [-0.4, -0.2) is 56.5 Å². The highest BCUT2D eigenvalue weighted by Gasteiger charge is 2.25. The first-order chi connectivity index (χ1) is 12.7. The number of aromatic nitrogens is 4. The van der Waals surface area contributed by atoms with Crippen molar-refractivity contribution in [3.8, 4) is 0 Å². The van der Waals surface area contributed by atoms with Crippen molar-refractivity contribution >= 4 is 11.6 Å². The van der Waals surface area contributed by atoms with E-state index in [-0.39, 0.29) is 11.8 Å². The molecule has 3 aromatic heterocycles. The zero-order valence-electron chi connectivity index (χ0n) is 14.7. The van der Waals surface area contributed by atoms with Crippen LogP contribution in [-0.2, 0) is 11.2 Å². The van der Waals surface area contributed by atoms with Gasteiger partial charge in [-0.25, -0.2) is 15.0 Å². The number of nitrogens with zero attached hydrogens (tertiary/aromatic N) is 5. The smallest absolute Gasteiger partial charge is 0.274 e. The number of imidazole rings is 1. The summed E-state index contributed by atoms with van der Waals surface area (Å²) in [4.78, 5) is 27.6. The molecule has 4 rings (SSSR count). The maximum absolute atomic E-state index is 13.0. The zero-order chi connectivity index (χ0) is 17.9. The Kier molecular flexibility index (Phi) is 4.62. The molecule has 1 aliphatic rings. The van der Waals surface area contributed by atoms with Crippen LogP contribution >= 0.6 is 0 Å². The van der Waals surface area contributed by atoms with Crippen molar-refractivity contribution in [3.63, 3.8) is 0 Å². The first kappa shape index (κ1) is 16.7. The van der Waals surface area contributed by atoms with Crippen LogP contribution in [0.5, 0.6) is 0 Å². The van der Waals surface area contributed by atoms with Gasteiger partial charge < -0.3 is 14.0 Å². The number of ether oxygens (including phenoxy) is 1. The number of fused-ring (bicyclic) bond motifs is 1. The molecule has 1 aliphatic heterocycles. The number of carbonyl (C=O) groups excluding carboxylic acids is 1. The minimum atomic E-state index is -0.0497. The van der Waals surface area contributed by atoms with Gasteiger partial charge in [-0.15, -0.1) is 0 Å². The summed E-state index contributed by atoms with van der Waals surface area (Å²) in [5.41, 5.74) is 3.28. The summed E-state index contributed by atoms with van der Waals surface area (Å²) >= 11 is 0. The minimum absolute atomic E-state index is 0.0497. The van der Waals surface area contributed by atoms with E-state index in [0.717, 1.165) is 23.5 Å². The minimum Gasteiger partial charge on any atom is -0.379 e. The Balaban J connectivity index is 1.53. The zero-order valence-corrected chi connectivity index (χ0v) is 14.7. The summed E-state index contributed by atoms with van der Waals surface area (Å²) in [5, 5.41) is 0. The summed E-state index contributed by atoms with van der Waals surface area (Å²) < 4.78 is 7.66. The molecule has 1 fully saturated rings. The summed E-state index contributed by atoms with van der Waals surface area (Å²) in [6.45, 7) is 4.37. The van der Waals surface area contributed by atoms with E-state index in [2.05, 4.69) is 15.0 Å². The number of carbonyl (C=O) groups is 1. The largest absolute Gasteiger partial charge is 0.379 e. The van der Waals surface area contributed by atoms with Crippen LogP contribution in [0.1, 0.15) is 21.9 Å². The molecular formula is C19H21N5O2. The van der Waals surface area contributed by atoms with Crippen molar-refractivity contribution in [2.24, 2.45) is 5.92 Å². The molecule has 1 amide bonds. The molecule has 0 N–H and O–H groups in total. The van der Waals surface area contributed by atoms with Gasteiger partial charge in [-0.1, -0.05) is 6.07 Å². The Morgan fingerprint density at radius 1 is 1.35 bits per heavy atom. The average molecular weight is 351 g/mol. The predicted molar refractivity (Wildman–Crippen MR) is 95.9 cm³/mol. The molecule has 0 aromatic carbocycles. The molecule has 7 heteroatoms. The number of hydrogen-bond donors (Lipinski definition) is 0. The molecule has 134 valence electrons. The molecular weight excluding hydrogens is 330 g/mol. The van der Waals surface area contributed by atoms with E-state index in [1.807, 2.05) is 46.7 Å². The summed E-state index contributed by atoms with van der Waals surface area (Å²) in [6, 6.07) is 7.76. The van der Waals surface area contributed by atoms with Gasteiger partial charge in [0.1, 0.15) is 17.7 Å². The van der Waals surface area contributed by atoms with Crippen LogP contribution in [0.4, 0.5) is 0 Å². The van der Waals surface area contributed by atoms with E-state index in [9.17, 15) is 4.79 Å². The van der Waals surface area contributed by atoms with Gasteiger partial charge in [0, 0.05) is 42.8 Å². The quantitative estimate of drug-likeness (QED) is 0.719. The van der Waals surface area contributed by atoms with Crippen LogP contribution in [0, 0.1) is 12.8 Å². The standard InChI is InChI=1S/C19H21N5O2/c1-14-3-2-4-18-22-17(11-24(14)18)19(25)23-7-8-26-12-15(10-23)9-16-5-6-20-13-21-16/h2-6,11,13,15H,7-10,12H2,1H3/t15-/m1/s1. The molecule has 1 saturated heterocycles. The molecule has 1 atom stereocenters. The highest BCUT2D eigenvalue weighted by Crippen LogP contribution is 2.16. The molecule has 0 saturated carbocycles. The lowest BCUT2D eigenvalue weighted by Crippen LogP contribution is -2.36. The third kappa shape index (κ3) is 3.43. The lowest BCUT2D eigenvalue weighted by atomic mass is 10.0. The number of rotatable bonds is 3. The molecule has 0 spiro atoms.